The first-order valence-corrected chi connectivity index (χ1v) is 7.09. The number of rotatable bonds is 5. The Morgan fingerprint density at radius 3 is 2.88 bits per heavy atom. The van der Waals surface area contributed by atoms with Crippen LogP contribution < -0.4 is 10.6 Å². The average molecular weight is 238 g/mol. The molecule has 4 nitrogen and oxygen atoms in total. The molecule has 0 saturated heterocycles. The van der Waals surface area contributed by atoms with Gasteiger partial charge in [-0.05, 0) is 32.9 Å². The monoisotopic (exact) mass is 238 g/mol. The van der Waals surface area contributed by atoms with Gasteiger partial charge in [-0.15, -0.1) is 0 Å². The molecule has 0 bridgehead atoms. The molecule has 0 spiro atoms. The SMILES string of the molecule is CN(CCCNC1=NCCN1)C1CCCCC1. The van der Waals surface area contributed by atoms with E-state index in [1.54, 1.807) is 0 Å². The van der Waals surface area contributed by atoms with Gasteiger partial charge in [0.2, 0.25) is 0 Å². The summed E-state index contributed by atoms with van der Waals surface area (Å²) < 4.78 is 0. The maximum absolute atomic E-state index is 4.32. The van der Waals surface area contributed by atoms with E-state index in [2.05, 4.69) is 27.6 Å². The number of nitrogens with zero attached hydrogens (tertiary/aromatic N) is 2. The fourth-order valence-corrected chi connectivity index (χ4v) is 2.76. The van der Waals surface area contributed by atoms with Gasteiger partial charge in [0.25, 0.3) is 0 Å². The fraction of sp³-hybridized carbons (Fsp3) is 0.923. The van der Waals surface area contributed by atoms with Crippen molar-refractivity contribution in [3.8, 4) is 0 Å². The first-order chi connectivity index (χ1) is 8.36. The molecule has 1 fully saturated rings. The third-order valence-electron chi connectivity index (χ3n) is 3.85. The van der Waals surface area contributed by atoms with Crippen molar-refractivity contribution >= 4 is 5.96 Å². The number of guanidine groups is 1. The predicted molar refractivity (Wildman–Crippen MR) is 72.4 cm³/mol. The standard InChI is InChI=1S/C13H26N4/c1-17(12-6-3-2-4-7-12)11-5-8-14-13-15-9-10-16-13/h12H,2-11H2,1H3,(H2,14,15,16). The summed E-state index contributed by atoms with van der Waals surface area (Å²) in [6.07, 6.45) is 8.30. The zero-order valence-electron chi connectivity index (χ0n) is 11.0. The lowest BCUT2D eigenvalue weighted by atomic mass is 9.94. The zero-order valence-corrected chi connectivity index (χ0v) is 11.0. The summed E-state index contributed by atoms with van der Waals surface area (Å²) in [6, 6.07) is 0.839. The second-order valence-electron chi connectivity index (χ2n) is 5.21. The van der Waals surface area contributed by atoms with Crippen molar-refractivity contribution in [2.24, 2.45) is 4.99 Å². The van der Waals surface area contributed by atoms with Gasteiger partial charge in [0.1, 0.15) is 0 Å². The van der Waals surface area contributed by atoms with Gasteiger partial charge in [-0.2, -0.15) is 0 Å². The van der Waals surface area contributed by atoms with Crippen LogP contribution in [0.5, 0.6) is 0 Å². The van der Waals surface area contributed by atoms with Crippen molar-refractivity contribution in [1.82, 2.24) is 15.5 Å². The minimum absolute atomic E-state index is 0.839. The van der Waals surface area contributed by atoms with Gasteiger partial charge >= 0.3 is 0 Å². The second-order valence-corrected chi connectivity index (χ2v) is 5.21. The molecule has 1 heterocycles. The highest BCUT2D eigenvalue weighted by Gasteiger charge is 2.17. The van der Waals surface area contributed by atoms with E-state index in [9.17, 15) is 0 Å². The predicted octanol–water partition coefficient (Wildman–Crippen LogP) is 1.19. The van der Waals surface area contributed by atoms with E-state index in [0.29, 0.717) is 0 Å². The van der Waals surface area contributed by atoms with Gasteiger partial charge in [0, 0.05) is 19.1 Å². The Morgan fingerprint density at radius 1 is 1.35 bits per heavy atom. The van der Waals surface area contributed by atoms with Gasteiger partial charge in [-0.25, -0.2) is 0 Å². The molecule has 2 rings (SSSR count). The van der Waals surface area contributed by atoms with Crippen molar-refractivity contribution < 1.29 is 0 Å². The highest BCUT2D eigenvalue weighted by Crippen LogP contribution is 2.21. The summed E-state index contributed by atoms with van der Waals surface area (Å²) in [5.41, 5.74) is 0. The molecule has 0 amide bonds. The van der Waals surface area contributed by atoms with Crippen LogP contribution in [0, 0.1) is 0 Å². The lowest BCUT2D eigenvalue weighted by molar-refractivity contribution is 0.190. The fourth-order valence-electron chi connectivity index (χ4n) is 2.76. The first-order valence-electron chi connectivity index (χ1n) is 7.09. The second kappa shape index (κ2) is 6.84. The van der Waals surface area contributed by atoms with E-state index in [1.165, 1.54) is 45.1 Å². The van der Waals surface area contributed by atoms with Crippen molar-refractivity contribution in [3.05, 3.63) is 0 Å². The molecule has 1 aliphatic heterocycles. The van der Waals surface area contributed by atoms with E-state index in [-0.39, 0.29) is 0 Å². The van der Waals surface area contributed by atoms with Crippen molar-refractivity contribution in [3.63, 3.8) is 0 Å². The number of nitrogens with one attached hydrogen (secondary N) is 2. The summed E-state index contributed by atoms with van der Waals surface area (Å²) in [7, 11) is 2.28. The number of hydrogen-bond donors (Lipinski definition) is 2. The molecular weight excluding hydrogens is 212 g/mol. The molecule has 0 aromatic heterocycles. The lowest BCUT2D eigenvalue weighted by Crippen LogP contribution is -2.38. The van der Waals surface area contributed by atoms with Crippen molar-refractivity contribution in [2.45, 2.75) is 44.6 Å². The zero-order chi connectivity index (χ0) is 11.9. The summed E-state index contributed by atoms with van der Waals surface area (Å²) >= 11 is 0. The van der Waals surface area contributed by atoms with E-state index in [4.69, 9.17) is 0 Å². The molecule has 98 valence electrons. The molecule has 1 saturated carbocycles. The lowest BCUT2D eigenvalue weighted by Gasteiger charge is -2.31. The molecule has 2 N–H and O–H groups in total. The topological polar surface area (TPSA) is 39.7 Å². The largest absolute Gasteiger partial charge is 0.356 e. The van der Waals surface area contributed by atoms with Crippen LogP contribution in [0.1, 0.15) is 38.5 Å². The van der Waals surface area contributed by atoms with Crippen LogP contribution in [0.3, 0.4) is 0 Å². The van der Waals surface area contributed by atoms with Gasteiger partial charge in [0.05, 0.1) is 6.54 Å². The Kier molecular flexibility index (Phi) is 5.10. The van der Waals surface area contributed by atoms with E-state index >= 15 is 0 Å². The summed E-state index contributed by atoms with van der Waals surface area (Å²) in [6.45, 7) is 4.14. The molecule has 17 heavy (non-hydrogen) atoms. The van der Waals surface area contributed by atoms with Crippen LogP contribution in [0.4, 0.5) is 0 Å². The molecule has 2 aliphatic rings. The Labute approximate surface area is 105 Å². The molecule has 0 aromatic carbocycles. The summed E-state index contributed by atoms with van der Waals surface area (Å²) in [5, 5.41) is 6.59. The van der Waals surface area contributed by atoms with Crippen molar-refractivity contribution in [1.29, 1.82) is 0 Å². The highest BCUT2D eigenvalue weighted by atomic mass is 15.2. The third kappa shape index (κ3) is 4.19. The molecule has 0 aromatic rings. The van der Waals surface area contributed by atoms with E-state index < -0.39 is 0 Å². The van der Waals surface area contributed by atoms with Crippen LogP contribution in [-0.2, 0) is 0 Å². The molecule has 4 heteroatoms. The maximum atomic E-state index is 4.32. The summed E-state index contributed by atoms with van der Waals surface area (Å²) in [5.74, 6) is 0.991. The van der Waals surface area contributed by atoms with Gasteiger partial charge in [0.15, 0.2) is 5.96 Å². The minimum atomic E-state index is 0.839. The Morgan fingerprint density at radius 2 is 2.18 bits per heavy atom. The van der Waals surface area contributed by atoms with Crippen LogP contribution in [0.15, 0.2) is 4.99 Å². The number of aliphatic imine (C=N–C) groups is 1. The molecule has 1 aliphatic carbocycles. The van der Waals surface area contributed by atoms with Gasteiger partial charge in [-0.3, -0.25) is 4.99 Å². The summed E-state index contributed by atoms with van der Waals surface area (Å²) in [4.78, 5) is 6.87. The van der Waals surface area contributed by atoms with E-state index in [1.807, 2.05) is 0 Å². The molecule has 0 atom stereocenters. The highest BCUT2D eigenvalue weighted by molar-refractivity contribution is 5.81. The molecule has 0 radical (unpaired) electrons. The van der Waals surface area contributed by atoms with E-state index in [0.717, 1.165) is 31.6 Å². The Balaban J connectivity index is 1.54. The van der Waals surface area contributed by atoms with Gasteiger partial charge < -0.3 is 15.5 Å². The first kappa shape index (κ1) is 12.7. The quantitative estimate of drug-likeness (QED) is 0.707. The smallest absolute Gasteiger partial charge is 0.191 e. The minimum Gasteiger partial charge on any atom is -0.356 e. The Hall–Kier alpha value is -0.770. The van der Waals surface area contributed by atoms with Crippen LogP contribution in [0.2, 0.25) is 0 Å². The van der Waals surface area contributed by atoms with Crippen LogP contribution in [0.25, 0.3) is 0 Å². The van der Waals surface area contributed by atoms with Gasteiger partial charge in [-0.1, -0.05) is 19.3 Å². The average Bonchev–Trinajstić information content (AvgIpc) is 2.88. The maximum Gasteiger partial charge on any atom is 0.191 e. The van der Waals surface area contributed by atoms with Crippen LogP contribution >= 0.6 is 0 Å². The number of hydrogen-bond acceptors (Lipinski definition) is 4. The third-order valence-corrected chi connectivity index (χ3v) is 3.85. The normalized spacial score (nSPS) is 21.4. The Bertz CT molecular complexity index is 246. The molecular formula is C13H26N4. The van der Waals surface area contributed by atoms with Crippen LogP contribution in [-0.4, -0.2) is 50.1 Å². The molecule has 0 unspecified atom stereocenters. The van der Waals surface area contributed by atoms with Crippen molar-refractivity contribution in [2.75, 3.05) is 33.2 Å².